The molecule has 0 bridgehead atoms. The minimum absolute atomic E-state index is 0.161. The van der Waals surface area contributed by atoms with Crippen LogP contribution in [0.5, 0.6) is 0 Å². The van der Waals surface area contributed by atoms with E-state index in [0.29, 0.717) is 6.04 Å². The monoisotopic (exact) mass is 280 g/mol. The van der Waals surface area contributed by atoms with Gasteiger partial charge >= 0.3 is 6.09 Å². The van der Waals surface area contributed by atoms with Crippen LogP contribution in [0.1, 0.15) is 38.6 Å². The fourth-order valence-corrected chi connectivity index (χ4v) is 2.85. The molecular weight excluding hydrogens is 256 g/mol. The van der Waals surface area contributed by atoms with Crippen LogP contribution >= 0.6 is 0 Å². The van der Waals surface area contributed by atoms with Crippen molar-refractivity contribution in [2.45, 2.75) is 45.3 Å². The molecule has 1 aliphatic rings. The minimum atomic E-state index is -1.00. The van der Waals surface area contributed by atoms with Crippen molar-refractivity contribution in [1.82, 2.24) is 19.8 Å². The Balaban J connectivity index is 2.15. The molecule has 1 aromatic rings. The zero-order valence-corrected chi connectivity index (χ0v) is 12.4. The third-order valence-corrected chi connectivity index (χ3v) is 4.05. The van der Waals surface area contributed by atoms with E-state index in [-0.39, 0.29) is 12.0 Å². The summed E-state index contributed by atoms with van der Waals surface area (Å²) in [5.74, 6) is 0.969. The number of hydrogen-bond donors (Lipinski definition) is 2. The van der Waals surface area contributed by atoms with Crippen LogP contribution in [0.3, 0.4) is 0 Å². The van der Waals surface area contributed by atoms with Gasteiger partial charge in [0.2, 0.25) is 0 Å². The van der Waals surface area contributed by atoms with Crippen molar-refractivity contribution < 1.29 is 9.90 Å². The summed E-state index contributed by atoms with van der Waals surface area (Å²) in [5, 5.41) is 11.6. The van der Waals surface area contributed by atoms with Gasteiger partial charge in [-0.1, -0.05) is 13.8 Å². The van der Waals surface area contributed by atoms with E-state index in [9.17, 15) is 4.79 Å². The number of nitrogens with one attached hydrogen (secondary N) is 1. The van der Waals surface area contributed by atoms with Crippen LogP contribution in [0.15, 0.2) is 12.4 Å². The van der Waals surface area contributed by atoms with Gasteiger partial charge in [0.1, 0.15) is 5.82 Å². The number of likely N-dealkylation sites (N-methyl/N-ethyl adjacent to an activating group) is 1. The van der Waals surface area contributed by atoms with Crippen molar-refractivity contribution in [2.24, 2.45) is 5.92 Å². The van der Waals surface area contributed by atoms with Gasteiger partial charge in [-0.2, -0.15) is 0 Å². The highest BCUT2D eigenvalue weighted by Crippen LogP contribution is 2.23. The average molecular weight is 280 g/mol. The van der Waals surface area contributed by atoms with Crippen LogP contribution in [-0.4, -0.2) is 45.3 Å². The van der Waals surface area contributed by atoms with Crippen LogP contribution in [0.25, 0.3) is 0 Å². The summed E-state index contributed by atoms with van der Waals surface area (Å²) in [4.78, 5) is 17.7. The number of rotatable bonds is 5. The summed E-state index contributed by atoms with van der Waals surface area (Å²) in [7, 11) is 2.14. The zero-order chi connectivity index (χ0) is 14.7. The molecule has 6 heteroatoms. The summed E-state index contributed by atoms with van der Waals surface area (Å²) < 4.78 is 2.09. The number of carbonyl (C=O) groups is 1. The zero-order valence-electron chi connectivity index (χ0n) is 12.4. The van der Waals surface area contributed by atoms with Crippen molar-refractivity contribution in [3.63, 3.8) is 0 Å². The van der Waals surface area contributed by atoms with E-state index < -0.39 is 6.09 Å². The van der Waals surface area contributed by atoms with Gasteiger partial charge in [0.15, 0.2) is 0 Å². The number of carboxylic acid groups (broad SMARTS) is 1. The summed E-state index contributed by atoms with van der Waals surface area (Å²) in [5.41, 5.74) is 0. The van der Waals surface area contributed by atoms with E-state index >= 15 is 0 Å². The average Bonchev–Trinajstić information content (AvgIpc) is 2.97. The van der Waals surface area contributed by atoms with Crippen molar-refractivity contribution in [1.29, 1.82) is 0 Å². The number of nitrogens with zero attached hydrogens (tertiary/aromatic N) is 3. The highest BCUT2D eigenvalue weighted by Gasteiger charge is 2.26. The molecule has 1 amide bonds. The van der Waals surface area contributed by atoms with Crippen molar-refractivity contribution in [2.75, 3.05) is 13.6 Å². The summed E-state index contributed by atoms with van der Waals surface area (Å²) in [6, 6.07) is 0.245. The smallest absolute Gasteiger partial charge is 0.405 e. The van der Waals surface area contributed by atoms with Crippen LogP contribution in [0, 0.1) is 5.92 Å². The molecule has 1 saturated heterocycles. The maximum Gasteiger partial charge on any atom is 0.405 e. The Morgan fingerprint density at radius 1 is 1.60 bits per heavy atom. The molecule has 112 valence electrons. The first-order valence-electron chi connectivity index (χ1n) is 7.19. The van der Waals surface area contributed by atoms with Gasteiger partial charge in [-0.05, 0) is 32.4 Å². The van der Waals surface area contributed by atoms with Gasteiger partial charge in [-0.3, -0.25) is 0 Å². The molecule has 0 saturated carbocycles. The van der Waals surface area contributed by atoms with Gasteiger partial charge in [0.05, 0.1) is 6.04 Å². The molecule has 20 heavy (non-hydrogen) atoms. The van der Waals surface area contributed by atoms with Crippen LogP contribution in [0.2, 0.25) is 0 Å². The fourth-order valence-electron chi connectivity index (χ4n) is 2.85. The molecule has 1 fully saturated rings. The van der Waals surface area contributed by atoms with Gasteiger partial charge in [-0.15, -0.1) is 0 Å². The van der Waals surface area contributed by atoms with Crippen molar-refractivity contribution in [3.05, 3.63) is 18.2 Å². The normalized spacial score (nSPS) is 21.3. The van der Waals surface area contributed by atoms with E-state index in [4.69, 9.17) is 5.11 Å². The number of hydrogen-bond acceptors (Lipinski definition) is 3. The highest BCUT2D eigenvalue weighted by atomic mass is 16.4. The standard InChI is InChI=1S/C14H24N4O2/c1-10(2)12(16-14(19)20)13-15-6-8-18(13)9-11-5-4-7-17(11)3/h6,8,10-12,16H,4-5,7,9H2,1-3H3,(H,19,20)/t11-,12+/m1/s1. The van der Waals surface area contributed by atoms with E-state index in [0.717, 1.165) is 18.9 Å². The Morgan fingerprint density at radius 2 is 2.35 bits per heavy atom. The first-order chi connectivity index (χ1) is 9.49. The molecule has 0 unspecified atom stereocenters. The Morgan fingerprint density at radius 3 is 2.90 bits per heavy atom. The molecule has 0 aromatic carbocycles. The van der Waals surface area contributed by atoms with E-state index in [2.05, 4.69) is 26.8 Å². The molecule has 2 N–H and O–H groups in total. The molecule has 1 aliphatic heterocycles. The Kier molecular flexibility index (Phi) is 4.65. The first kappa shape index (κ1) is 14.8. The maximum atomic E-state index is 11.0. The number of aromatic nitrogens is 2. The molecule has 0 aliphatic carbocycles. The Hall–Kier alpha value is -1.56. The number of imidazole rings is 1. The molecule has 1 aromatic heterocycles. The van der Waals surface area contributed by atoms with Crippen molar-refractivity contribution in [3.8, 4) is 0 Å². The van der Waals surface area contributed by atoms with Gasteiger partial charge < -0.3 is 19.9 Å². The van der Waals surface area contributed by atoms with E-state index in [1.54, 1.807) is 6.20 Å². The molecule has 2 atom stereocenters. The minimum Gasteiger partial charge on any atom is -0.465 e. The number of amides is 1. The number of likely N-dealkylation sites (tertiary alicyclic amines) is 1. The van der Waals surface area contributed by atoms with Gasteiger partial charge in [0.25, 0.3) is 0 Å². The molecule has 0 radical (unpaired) electrons. The van der Waals surface area contributed by atoms with E-state index in [1.165, 1.54) is 12.8 Å². The van der Waals surface area contributed by atoms with Crippen LogP contribution in [0.4, 0.5) is 4.79 Å². The molecule has 2 rings (SSSR count). The largest absolute Gasteiger partial charge is 0.465 e. The topological polar surface area (TPSA) is 70.4 Å². The SMILES string of the molecule is CC(C)[C@H](NC(=O)O)c1nccn1C[C@H]1CCCN1C. The van der Waals surface area contributed by atoms with Crippen LogP contribution in [-0.2, 0) is 6.54 Å². The maximum absolute atomic E-state index is 11.0. The summed E-state index contributed by atoms with van der Waals surface area (Å²) in [6.45, 7) is 6.01. The predicted molar refractivity (Wildman–Crippen MR) is 76.6 cm³/mol. The third kappa shape index (κ3) is 3.30. The third-order valence-electron chi connectivity index (χ3n) is 4.05. The second-order valence-electron chi connectivity index (χ2n) is 5.89. The fraction of sp³-hybridized carbons (Fsp3) is 0.714. The van der Waals surface area contributed by atoms with E-state index in [1.807, 2.05) is 20.0 Å². The lowest BCUT2D eigenvalue weighted by Gasteiger charge is -2.25. The second-order valence-corrected chi connectivity index (χ2v) is 5.89. The van der Waals surface area contributed by atoms with Gasteiger partial charge in [0, 0.05) is 25.0 Å². The molecule has 6 nitrogen and oxygen atoms in total. The summed E-state index contributed by atoms with van der Waals surface area (Å²) in [6.07, 6.45) is 5.11. The summed E-state index contributed by atoms with van der Waals surface area (Å²) >= 11 is 0. The molecule has 2 heterocycles. The lowest BCUT2D eigenvalue weighted by atomic mass is 10.0. The quantitative estimate of drug-likeness (QED) is 0.864. The van der Waals surface area contributed by atoms with Crippen LogP contribution < -0.4 is 5.32 Å². The van der Waals surface area contributed by atoms with Crippen molar-refractivity contribution >= 4 is 6.09 Å². The molecule has 0 spiro atoms. The Labute approximate surface area is 119 Å². The highest BCUT2D eigenvalue weighted by molar-refractivity contribution is 5.65. The second kappa shape index (κ2) is 6.26. The Bertz CT molecular complexity index is 458. The lowest BCUT2D eigenvalue weighted by molar-refractivity contribution is 0.184. The van der Waals surface area contributed by atoms with Gasteiger partial charge in [-0.25, -0.2) is 9.78 Å². The predicted octanol–water partition coefficient (Wildman–Crippen LogP) is 1.94. The lowest BCUT2D eigenvalue weighted by Crippen LogP contribution is -2.35. The first-order valence-corrected chi connectivity index (χ1v) is 7.19. The molecular formula is C14H24N4O2.